The zero-order valence-corrected chi connectivity index (χ0v) is 13.5. The van der Waals surface area contributed by atoms with Crippen molar-refractivity contribution in [2.45, 2.75) is 44.0 Å². The molecule has 3 nitrogen and oxygen atoms in total. The van der Waals surface area contributed by atoms with E-state index in [0.29, 0.717) is 12.6 Å². The predicted molar refractivity (Wildman–Crippen MR) is 85.9 cm³/mol. The minimum Gasteiger partial charge on any atom is -0.493 e. The molecule has 0 aliphatic heterocycles. The molecule has 0 radical (unpaired) electrons. The first kappa shape index (κ1) is 15.5. The lowest BCUT2D eigenvalue weighted by molar-refractivity contribution is 0.310. The quantitative estimate of drug-likeness (QED) is 0.834. The molecule has 4 heteroatoms. The molecule has 0 amide bonds. The van der Waals surface area contributed by atoms with Gasteiger partial charge in [-0.1, -0.05) is 12.5 Å². The molecule has 1 aliphatic rings. The Morgan fingerprint density at radius 2 is 2.15 bits per heavy atom. The molecule has 0 bridgehead atoms. The third-order valence-corrected chi connectivity index (χ3v) is 5.02. The van der Waals surface area contributed by atoms with Gasteiger partial charge in [0, 0.05) is 17.8 Å². The summed E-state index contributed by atoms with van der Waals surface area (Å²) >= 11 is 1.99. The summed E-state index contributed by atoms with van der Waals surface area (Å²) in [6.07, 6.45) is 6.19. The van der Waals surface area contributed by atoms with Crippen molar-refractivity contribution >= 4 is 11.8 Å². The second kappa shape index (κ2) is 7.79. The van der Waals surface area contributed by atoms with Crippen LogP contribution in [0.5, 0.6) is 11.5 Å². The van der Waals surface area contributed by atoms with Crippen LogP contribution in [0.2, 0.25) is 0 Å². The van der Waals surface area contributed by atoms with E-state index in [9.17, 15) is 0 Å². The maximum absolute atomic E-state index is 5.55. The average molecular weight is 295 g/mol. The first-order valence-electron chi connectivity index (χ1n) is 7.34. The largest absolute Gasteiger partial charge is 0.493 e. The van der Waals surface area contributed by atoms with Crippen molar-refractivity contribution in [1.82, 2.24) is 5.32 Å². The summed E-state index contributed by atoms with van der Waals surface area (Å²) in [5, 5.41) is 4.45. The van der Waals surface area contributed by atoms with E-state index in [1.165, 1.54) is 24.8 Å². The van der Waals surface area contributed by atoms with Gasteiger partial charge in [0.15, 0.2) is 11.5 Å². The maximum Gasteiger partial charge on any atom is 0.161 e. The number of ether oxygens (including phenoxy) is 2. The maximum atomic E-state index is 5.55. The topological polar surface area (TPSA) is 30.5 Å². The Morgan fingerprint density at radius 1 is 1.30 bits per heavy atom. The highest BCUT2D eigenvalue weighted by atomic mass is 32.2. The Kier molecular flexibility index (Phi) is 6.05. The third kappa shape index (κ3) is 3.83. The summed E-state index contributed by atoms with van der Waals surface area (Å²) in [4.78, 5) is 0. The normalized spacial score (nSPS) is 21.9. The van der Waals surface area contributed by atoms with Crippen LogP contribution in [-0.2, 0) is 6.54 Å². The van der Waals surface area contributed by atoms with Crippen molar-refractivity contribution in [1.29, 1.82) is 0 Å². The molecule has 1 aromatic rings. The zero-order chi connectivity index (χ0) is 14.4. The van der Waals surface area contributed by atoms with E-state index in [1.54, 1.807) is 7.11 Å². The van der Waals surface area contributed by atoms with Crippen LogP contribution in [0, 0.1) is 0 Å². The van der Waals surface area contributed by atoms with E-state index in [-0.39, 0.29) is 0 Å². The fourth-order valence-corrected chi connectivity index (χ4v) is 3.75. The molecular weight excluding hydrogens is 270 g/mol. The summed E-state index contributed by atoms with van der Waals surface area (Å²) in [5.74, 6) is 1.64. The second-order valence-corrected chi connectivity index (χ2v) is 6.19. The Hall–Kier alpha value is -0.870. The molecule has 2 unspecified atom stereocenters. The highest BCUT2D eigenvalue weighted by Crippen LogP contribution is 2.30. The Balaban J connectivity index is 1.95. The number of hydrogen-bond donors (Lipinski definition) is 1. The summed E-state index contributed by atoms with van der Waals surface area (Å²) in [6.45, 7) is 3.54. The SMILES string of the molecule is CCOc1ccc(CNC2CCCC2SC)cc1OC. The molecule has 1 N–H and O–H groups in total. The fourth-order valence-electron chi connectivity index (χ4n) is 2.79. The molecule has 0 spiro atoms. The number of nitrogens with one attached hydrogen (secondary N) is 1. The molecule has 2 atom stereocenters. The molecule has 1 fully saturated rings. The molecule has 0 heterocycles. The summed E-state index contributed by atoms with van der Waals surface area (Å²) in [7, 11) is 1.69. The van der Waals surface area contributed by atoms with Crippen LogP contribution >= 0.6 is 11.8 Å². The summed E-state index contributed by atoms with van der Waals surface area (Å²) < 4.78 is 10.9. The zero-order valence-electron chi connectivity index (χ0n) is 12.6. The molecule has 112 valence electrons. The lowest BCUT2D eigenvalue weighted by Gasteiger charge is -2.19. The van der Waals surface area contributed by atoms with Gasteiger partial charge in [-0.05, 0) is 43.7 Å². The summed E-state index contributed by atoms with van der Waals surface area (Å²) in [6, 6.07) is 6.83. The Morgan fingerprint density at radius 3 is 2.85 bits per heavy atom. The fraction of sp³-hybridized carbons (Fsp3) is 0.625. The van der Waals surface area contributed by atoms with E-state index in [0.717, 1.165) is 23.3 Å². The smallest absolute Gasteiger partial charge is 0.161 e. The highest BCUT2D eigenvalue weighted by Gasteiger charge is 2.25. The average Bonchev–Trinajstić information content (AvgIpc) is 2.94. The standard InChI is InChI=1S/C16H25NO2S/c1-4-19-14-9-8-12(10-15(14)18-2)11-17-13-6-5-7-16(13)20-3/h8-10,13,16-17H,4-7,11H2,1-3H3. The lowest BCUT2D eigenvalue weighted by atomic mass is 10.1. The first-order valence-corrected chi connectivity index (χ1v) is 8.63. The van der Waals surface area contributed by atoms with E-state index in [2.05, 4.69) is 23.7 Å². The number of methoxy groups -OCH3 is 1. The molecule has 2 rings (SSSR count). The lowest BCUT2D eigenvalue weighted by Crippen LogP contribution is -2.33. The van der Waals surface area contributed by atoms with Crippen LogP contribution in [-0.4, -0.2) is 31.3 Å². The molecule has 1 saturated carbocycles. The van der Waals surface area contributed by atoms with Gasteiger partial charge >= 0.3 is 0 Å². The van der Waals surface area contributed by atoms with Crippen molar-refractivity contribution in [2.75, 3.05) is 20.0 Å². The van der Waals surface area contributed by atoms with Gasteiger partial charge in [0.25, 0.3) is 0 Å². The monoisotopic (exact) mass is 295 g/mol. The number of hydrogen-bond acceptors (Lipinski definition) is 4. The van der Waals surface area contributed by atoms with Gasteiger partial charge < -0.3 is 14.8 Å². The van der Waals surface area contributed by atoms with Gasteiger partial charge in [-0.3, -0.25) is 0 Å². The second-order valence-electron chi connectivity index (χ2n) is 5.11. The van der Waals surface area contributed by atoms with Gasteiger partial charge in [-0.15, -0.1) is 0 Å². The van der Waals surface area contributed by atoms with Crippen molar-refractivity contribution in [3.8, 4) is 11.5 Å². The van der Waals surface area contributed by atoms with Crippen molar-refractivity contribution in [3.05, 3.63) is 23.8 Å². The van der Waals surface area contributed by atoms with E-state index in [1.807, 2.05) is 24.8 Å². The van der Waals surface area contributed by atoms with Gasteiger partial charge in [-0.25, -0.2) is 0 Å². The van der Waals surface area contributed by atoms with Crippen LogP contribution in [0.4, 0.5) is 0 Å². The van der Waals surface area contributed by atoms with Gasteiger partial charge in [-0.2, -0.15) is 11.8 Å². The third-order valence-electron chi connectivity index (χ3n) is 3.85. The van der Waals surface area contributed by atoms with Crippen LogP contribution in [0.3, 0.4) is 0 Å². The minimum absolute atomic E-state index is 0.641. The Labute approximate surface area is 126 Å². The first-order chi connectivity index (χ1) is 9.78. The molecule has 0 aromatic heterocycles. The molecule has 1 aromatic carbocycles. The van der Waals surface area contributed by atoms with Crippen LogP contribution in [0.15, 0.2) is 18.2 Å². The molecular formula is C16H25NO2S. The van der Waals surface area contributed by atoms with Crippen molar-refractivity contribution in [2.24, 2.45) is 0 Å². The van der Waals surface area contributed by atoms with E-state index < -0.39 is 0 Å². The summed E-state index contributed by atoms with van der Waals surface area (Å²) in [5.41, 5.74) is 1.25. The minimum atomic E-state index is 0.641. The predicted octanol–water partition coefficient (Wildman–Crippen LogP) is 3.47. The van der Waals surface area contributed by atoms with Crippen molar-refractivity contribution < 1.29 is 9.47 Å². The van der Waals surface area contributed by atoms with E-state index in [4.69, 9.17) is 9.47 Å². The number of benzene rings is 1. The van der Waals surface area contributed by atoms with Gasteiger partial charge in [0.1, 0.15) is 0 Å². The highest BCUT2D eigenvalue weighted by molar-refractivity contribution is 7.99. The van der Waals surface area contributed by atoms with E-state index >= 15 is 0 Å². The van der Waals surface area contributed by atoms with Gasteiger partial charge in [0.05, 0.1) is 13.7 Å². The van der Waals surface area contributed by atoms with Crippen LogP contribution in [0.25, 0.3) is 0 Å². The number of rotatable bonds is 7. The van der Waals surface area contributed by atoms with Crippen LogP contribution < -0.4 is 14.8 Å². The Bertz CT molecular complexity index is 425. The van der Waals surface area contributed by atoms with Crippen LogP contribution in [0.1, 0.15) is 31.7 Å². The van der Waals surface area contributed by atoms with Gasteiger partial charge in [0.2, 0.25) is 0 Å². The molecule has 20 heavy (non-hydrogen) atoms. The molecule has 1 aliphatic carbocycles. The molecule has 0 saturated heterocycles. The number of thioether (sulfide) groups is 1. The van der Waals surface area contributed by atoms with Crippen molar-refractivity contribution in [3.63, 3.8) is 0 Å².